The molecule has 1 aromatic heterocycles. The van der Waals surface area contributed by atoms with Gasteiger partial charge in [-0.05, 0) is 31.0 Å². The van der Waals surface area contributed by atoms with E-state index in [2.05, 4.69) is 28.1 Å². The fourth-order valence-corrected chi connectivity index (χ4v) is 2.96. The summed E-state index contributed by atoms with van der Waals surface area (Å²) in [7, 11) is 0. The number of rotatable bonds is 6. The van der Waals surface area contributed by atoms with E-state index in [1.54, 1.807) is 0 Å². The Morgan fingerprint density at radius 3 is 2.58 bits per heavy atom. The van der Waals surface area contributed by atoms with Crippen molar-refractivity contribution in [1.82, 2.24) is 14.9 Å². The third-order valence-electron chi connectivity index (χ3n) is 4.11. The van der Waals surface area contributed by atoms with Crippen LogP contribution < -0.4 is 5.32 Å². The van der Waals surface area contributed by atoms with E-state index in [1.807, 2.05) is 50.2 Å². The Morgan fingerprint density at radius 1 is 1.12 bits per heavy atom. The van der Waals surface area contributed by atoms with Gasteiger partial charge in [0.2, 0.25) is 5.91 Å². The van der Waals surface area contributed by atoms with Crippen molar-refractivity contribution in [3.8, 4) is 0 Å². The van der Waals surface area contributed by atoms with Crippen molar-refractivity contribution >= 4 is 16.9 Å². The Hall–Kier alpha value is -2.62. The van der Waals surface area contributed by atoms with E-state index in [4.69, 9.17) is 4.98 Å². The largest absolute Gasteiger partial charge is 0.346 e. The molecule has 24 heavy (non-hydrogen) atoms. The molecule has 4 heteroatoms. The molecule has 0 saturated heterocycles. The normalized spacial score (nSPS) is 12.2. The minimum Gasteiger partial charge on any atom is -0.346 e. The molecule has 2 aromatic carbocycles. The van der Waals surface area contributed by atoms with Crippen LogP contribution in [0.15, 0.2) is 54.6 Å². The molecule has 0 unspecified atom stereocenters. The predicted molar refractivity (Wildman–Crippen MR) is 96.7 cm³/mol. The lowest BCUT2D eigenvalue weighted by atomic mass is 10.2. The van der Waals surface area contributed by atoms with Crippen LogP contribution >= 0.6 is 0 Å². The van der Waals surface area contributed by atoms with E-state index in [0.29, 0.717) is 6.42 Å². The summed E-state index contributed by atoms with van der Waals surface area (Å²) in [5, 5.41) is 3.06. The molecule has 0 fully saturated rings. The number of carbonyl (C=O) groups is 1. The Kier molecular flexibility index (Phi) is 4.94. The van der Waals surface area contributed by atoms with Crippen molar-refractivity contribution in [2.75, 3.05) is 0 Å². The topological polar surface area (TPSA) is 46.9 Å². The third-order valence-corrected chi connectivity index (χ3v) is 4.11. The van der Waals surface area contributed by atoms with Crippen molar-refractivity contribution in [1.29, 1.82) is 0 Å². The number of carbonyl (C=O) groups excluding carboxylic acids is 1. The van der Waals surface area contributed by atoms with Gasteiger partial charge in [-0.25, -0.2) is 4.98 Å². The number of amides is 1. The molecular formula is C20H23N3O. The molecule has 1 amide bonds. The molecule has 1 atom stereocenters. The summed E-state index contributed by atoms with van der Waals surface area (Å²) in [6.07, 6.45) is 1.39. The summed E-state index contributed by atoms with van der Waals surface area (Å²) < 4.78 is 2.20. The van der Waals surface area contributed by atoms with Gasteiger partial charge in [0.1, 0.15) is 5.82 Å². The monoisotopic (exact) mass is 321 g/mol. The van der Waals surface area contributed by atoms with Crippen LogP contribution in [0, 0.1) is 0 Å². The Balaban J connectivity index is 1.97. The molecule has 0 radical (unpaired) electrons. The maximum Gasteiger partial charge on any atom is 0.220 e. The predicted octanol–water partition coefficient (Wildman–Crippen LogP) is 4.06. The van der Waals surface area contributed by atoms with Gasteiger partial charge in [0.15, 0.2) is 0 Å². The van der Waals surface area contributed by atoms with Crippen LogP contribution in [-0.2, 0) is 11.3 Å². The highest BCUT2D eigenvalue weighted by Gasteiger charge is 2.18. The Labute approximate surface area is 142 Å². The fraction of sp³-hybridized carbons (Fsp3) is 0.300. The number of nitrogens with zero attached hydrogens (tertiary/aromatic N) is 2. The van der Waals surface area contributed by atoms with Gasteiger partial charge in [0, 0.05) is 13.0 Å². The van der Waals surface area contributed by atoms with Crippen LogP contribution in [0.5, 0.6) is 0 Å². The molecule has 124 valence electrons. The zero-order valence-electron chi connectivity index (χ0n) is 14.2. The number of benzene rings is 2. The van der Waals surface area contributed by atoms with Crippen LogP contribution in [0.2, 0.25) is 0 Å². The van der Waals surface area contributed by atoms with Gasteiger partial charge in [-0.15, -0.1) is 0 Å². The van der Waals surface area contributed by atoms with Crippen molar-refractivity contribution in [3.05, 3.63) is 66.0 Å². The third kappa shape index (κ3) is 3.48. The van der Waals surface area contributed by atoms with Gasteiger partial charge in [-0.1, -0.05) is 49.4 Å². The molecule has 0 saturated carbocycles. The number of hydrogen-bond donors (Lipinski definition) is 1. The zero-order valence-corrected chi connectivity index (χ0v) is 14.2. The lowest BCUT2D eigenvalue weighted by Gasteiger charge is -2.16. The number of para-hydroxylation sites is 2. The first-order valence-electron chi connectivity index (χ1n) is 8.47. The maximum atomic E-state index is 12.0. The van der Waals surface area contributed by atoms with Crippen LogP contribution in [0.4, 0.5) is 0 Å². The Bertz CT molecular complexity index is 823. The summed E-state index contributed by atoms with van der Waals surface area (Å²) in [4.78, 5) is 16.7. The Morgan fingerprint density at radius 2 is 1.83 bits per heavy atom. The van der Waals surface area contributed by atoms with E-state index in [9.17, 15) is 4.79 Å². The fourth-order valence-electron chi connectivity index (χ4n) is 2.96. The van der Waals surface area contributed by atoms with Crippen LogP contribution in [0.1, 0.15) is 44.1 Å². The average Bonchev–Trinajstić information content (AvgIpc) is 2.95. The maximum absolute atomic E-state index is 12.0. The summed E-state index contributed by atoms with van der Waals surface area (Å²) in [6, 6.07) is 18.3. The smallest absolute Gasteiger partial charge is 0.220 e. The molecule has 0 spiro atoms. The molecule has 0 aliphatic carbocycles. The minimum atomic E-state index is -0.125. The standard InChI is InChI=1S/C20H23N3O/c1-3-9-19(24)21-15(2)20-22-17-12-7-8-13-18(17)23(20)14-16-10-5-4-6-11-16/h4-8,10-13,15H,3,9,14H2,1-2H3,(H,21,24)/t15-/m1/s1. The van der Waals surface area contributed by atoms with Crippen molar-refractivity contribution < 1.29 is 4.79 Å². The molecule has 0 aliphatic rings. The van der Waals surface area contributed by atoms with Crippen molar-refractivity contribution in [2.24, 2.45) is 0 Å². The van der Waals surface area contributed by atoms with E-state index in [1.165, 1.54) is 5.56 Å². The van der Waals surface area contributed by atoms with Crippen LogP contribution in [0.3, 0.4) is 0 Å². The first-order valence-corrected chi connectivity index (χ1v) is 8.47. The summed E-state index contributed by atoms with van der Waals surface area (Å²) in [5.74, 6) is 0.966. The first-order chi connectivity index (χ1) is 11.7. The highest BCUT2D eigenvalue weighted by Crippen LogP contribution is 2.22. The van der Waals surface area contributed by atoms with E-state index in [-0.39, 0.29) is 11.9 Å². The van der Waals surface area contributed by atoms with Crippen molar-refractivity contribution in [2.45, 2.75) is 39.3 Å². The number of imidazole rings is 1. The second-order valence-corrected chi connectivity index (χ2v) is 6.07. The molecule has 0 bridgehead atoms. The SMILES string of the molecule is CCCC(=O)N[C@H](C)c1nc2ccccc2n1Cc1ccccc1. The lowest BCUT2D eigenvalue weighted by Crippen LogP contribution is -2.28. The molecule has 4 nitrogen and oxygen atoms in total. The zero-order chi connectivity index (χ0) is 16.9. The number of fused-ring (bicyclic) bond motifs is 1. The van der Waals surface area contributed by atoms with E-state index < -0.39 is 0 Å². The molecule has 3 aromatic rings. The highest BCUT2D eigenvalue weighted by atomic mass is 16.1. The molecule has 1 heterocycles. The molecule has 1 N–H and O–H groups in total. The van der Waals surface area contributed by atoms with Gasteiger partial charge in [-0.3, -0.25) is 4.79 Å². The van der Waals surface area contributed by atoms with Crippen LogP contribution in [-0.4, -0.2) is 15.5 Å². The van der Waals surface area contributed by atoms with Gasteiger partial charge in [-0.2, -0.15) is 0 Å². The second-order valence-electron chi connectivity index (χ2n) is 6.07. The summed E-state index contributed by atoms with van der Waals surface area (Å²) in [5.41, 5.74) is 3.27. The van der Waals surface area contributed by atoms with Gasteiger partial charge in [0.25, 0.3) is 0 Å². The van der Waals surface area contributed by atoms with Gasteiger partial charge in [0.05, 0.1) is 17.1 Å². The minimum absolute atomic E-state index is 0.0725. The average molecular weight is 321 g/mol. The van der Waals surface area contributed by atoms with E-state index in [0.717, 1.165) is 29.8 Å². The van der Waals surface area contributed by atoms with Gasteiger partial charge >= 0.3 is 0 Å². The summed E-state index contributed by atoms with van der Waals surface area (Å²) in [6.45, 7) is 4.75. The lowest BCUT2D eigenvalue weighted by molar-refractivity contribution is -0.121. The summed E-state index contributed by atoms with van der Waals surface area (Å²) >= 11 is 0. The number of aromatic nitrogens is 2. The van der Waals surface area contributed by atoms with Crippen molar-refractivity contribution in [3.63, 3.8) is 0 Å². The number of hydrogen-bond acceptors (Lipinski definition) is 2. The highest BCUT2D eigenvalue weighted by molar-refractivity contribution is 5.78. The first kappa shape index (κ1) is 16.2. The quantitative estimate of drug-likeness (QED) is 0.744. The second kappa shape index (κ2) is 7.30. The molecular weight excluding hydrogens is 298 g/mol. The van der Waals surface area contributed by atoms with E-state index >= 15 is 0 Å². The molecule has 0 aliphatic heterocycles. The van der Waals surface area contributed by atoms with Gasteiger partial charge < -0.3 is 9.88 Å². The van der Waals surface area contributed by atoms with Crippen LogP contribution in [0.25, 0.3) is 11.0 Å². The number of nitrogens with one attached hydrogen (secondary N) is 1. The molecule has 3 rings (SSSR count).